The van der Waals surface area contributed by atoms with Crippen molar-refractivity contribution < 1.29 is 0 Å². The second-order valence-corrected chi connectivity index (χ2v) is 5.57. The first-order valence-corrected chi connectivity index (χ1v) is 7.36. The summed E-state index contributed by atoms with van der Waals surface area (Å²) in [6.45, 7) is 1.96. The minimum Gasteiger partial charge on any atom is -0.284 e. The zero-order valence-corrected chi connectivity index (χ0v) is 12.0. The molecule has 1 aliphatic rings. The predicted molar refractivity (Wildman–Crippen MR) is 80.5 cm³/mol. The minimum atomic E-state index is -0.232. The summed E-state index contributed by atoms with van der Waals surface area (Å²) in [4.78, 5) is 6.69. The average molecular weight is 286 g/mol. The van der Waals surface area contributed by atoms with Crippen molar-refractivity contribution in [3.8, 4) is 6.07 Å². The Kier molecular flexibility index (Phi) is 3.86. The number of pyridine rings is 1. The van der Waals surface area contributed by atoms with Gasteiger partial charge in [-0.25, -0.2) is 0 Å². The second kappa shape index (κ2) is 5.78. The molecule has 1 unspecified atom stereocenters. The van der Waals surface area contributed by atoms with Gasteiger partial charge in [-0.2, -0.15) is 5.26 Å². The molecular weight excluding hydrogens is 270 g/mol. The van der Waals surface area contributed by atoms with Crippen LogP contribution in [0.2, 0.25) is 5.02 Å². The van der Waals surface area contributed by atoms with Crippen LogP contribution in [-0.4, -0.2) is 23.0 Å². The molecule has 1 aliphatic heterocycles. The van der Waals surface area contributed by atoms with Gasteiger partial charge in [-0.1, -0.05) is 24.1 Å². The largest absolute Gasteiger partial charge is 0.284 e. The zero-order valence-electron chi connectivity index (χ0n) is 11.2. The van der Waals surface area contributed by atoms with Crippen LogP contribution in [0.4, 0.5) is 0 Å². The van der Waals surface area contributed by atoms with Crippen molar-refractivity contribution in [3.05, 3.63) is 41.0 Å². The van der Waals surface area contributed by atoms with Crippen molar-refractivity contribution in [1.82, 2.24) is 9.88 Å². The van der Waals surface area contributed by atoms with Gasteiger partial charge < -0.3 is 0 Å². The zero-order chi connectivity index (χ0) is 13.9. The normalized spacial score (nSPS) is 17.8. The molecular formula is C16H16ClN3. The molecule has 0 spiro atoms. The fourth-order valence-corrected chi connectivity index (χ4v) is 3.12. The van der Waals surface area contributed by atoms with Gasteiger partial charge in [0.2, 0.25) is 0 Å². The van der Waals surface area contributed by atoms with Crippen molar-refractivity contribution in [1.29, 1.82) is 5.26 Å². The fraction of sp³-hybridized carbons (Fsp3) is 0.375. The standard InChI is InChI=1S/C16H16ClN3/c17-14-7-6-13(16-12(14)5-4-8-19-16)15(11-18)20-9-2-1-3-10-20/h4-8,15H,1-3,9-10H2. The molecule has 2 heterocycles. The highest BCUT2D eigenvalue weighted by molar-refractivity contribution is 6.35. The van der Waals surface area contributed by atoms with Crippen molar-refractivity contribution in [2.45, 2.75) is 25.3 Å². The molecule has 20 heavy (non-hydrogen) atoms. The third kappa shape index (κ3) is 2.37. The first kappa shape index (κ1) is 13.4. The predicted octanol–water partition coefficient (Wildman–Crippen LogP) is 3.94. The van der Waals surface area contributed by atoms with E-state index in [0.717, 1.165) is 42.4 Å². The van der Waals surface area contributed by atoms with E-state index in [1.165, 1.54) is 6.42 Å². The summed E-state index contributed by atoms with van der Waals surface area (Å²) in [5, 5.41) is 11.2. The molecule has 0 N–H and O–H groups in total. The number of rotatable bonds is 2. The molecule has 1 aromatic carbocycles. The summed E-state index contributed by atoms with van der Waals surface area (Å²) in [5.41, 5.74) is 1.81. The van der Waals surface area contributed by atoms with Gasteiger partial charge in [0.1, 0.15) is 6.04 Å². The first-order valence-electron chi connectivity index (χ1n) is 6.98. The number of aromatic nitrogens is 1. The Hall–Kier alpha value is -1.63. The molecule has 3 rings (SSSR count). The Labute approximate surface area is 123 Å². The van der Waals surface area contributed by atoms with E-state index in [4.69, 9.17) is 11.6 Å². The summed E-state index contributed by atoms with van der Waals surface area (Å²) in [5.74, 6) is 0. The van der Waals surface area contributed by atoms with Crippen LogP contribution in [0.25, 0.3) is 10.9 Å². The number of piperidine rings is 1. The van der Waals surface area contributed by atoms with Crippen LogP contribution in [0.1, 0.15) is 30.9 Å². The SMILES string of the molecule is N#CC(c1ccc(Cl)c2cccnc12)N1CCCCC1. The van der Waals surface area contributed by atoms with Crippen LogP contribution in [0, 0.1) is 11.3 Å². The van der Waals surface area contributed by atoms with Crippen LogP contribution in [-0.2, 0) is 0 Å². The Morgan fingerprint density at radius 3 is 2.75 bits per heavy atom. The summed E-state index contributed by atoms with van der Waals surface area (Å²) in [6, 6.07) is 9.86. The summed E-state index contributed by atoms with van der Waals surface area (Å²) in [7, 11) is 0. The maximum absolute atomic E-state index is 9.61. The lowest BCUT2D eigenvalue weighted by Gasteiger charge is -2.31. The molecule has 0 radical (unpaired) electrons. The molecule has 0 saturated carbocycles. The van der Waals surface area contributed by atoms with E-state index in [-0.39, 0.29) is 6.04 Å². The molecule has 1 fully saturated rings. The Bertz CT molecular complexity index is 656. The lowest BCUT2D eigenvalue weighted by atomic mass is 10.00. The number of nitrogens with zero attached hydrogens (tertiary/aromatic N) is 3. The number of benzene rings is 1. The van der Waals surface area contributed by atoms with Crippen molar-refractivity contribution >= 4 is 22.5 Å². The van der Waals surface area contributed by atoms with E-state index in [0.29, 0.717) is 5.02 Å². The average Bonchev–Trinajstić information content (AvgIpc) is 2.52. The van der Waals surface area contributed by atoms with Crippen LogP contribution >= 0.6 is 11.6 Å². The minimum absolute atomic E-state index is 0.232. The quantitative estimate of drug-likeness (QED) is 0.839. The highest BCUT2D eigenvalue weighted by atomic mass is 35.5. The topological polar surface area (TPSA) is 39.9 Å². The van der Waals surface area contributed by atoms with E-state index in [1.54, 1.807) is 6.20 Å². The van der Waals surface area contributed by atoms with Crippen molar-refractivity contribution in [2.24, 2.45) is 0 Å². The van der Waals surface area contributed by atoms with Crippen molar-refractivity contribution in [2.75, 3.05) is 13.1 Å². The van der Waals surface area contributed by atoms with Gasteiger partial charge in [0.25, 0.3) is 0 Å². The fourth-order valence-electron chi connectivity index (χ4n) is 2.90. The first-order chi connectivity index (χ1) is 9.81. The summed E-state index contributed by atoms with van der Waals surface area (Å²) < 4.78 is 0. The second-order valence-electron chi connectivity index (χ2n) is 5.16. The van der Waals surface area contributed by atoms with Gasteiger partial charge in [-0.15, -0.1) is 0 Å². The highest BCUT2D eigenvalue weighted by Crippen LogP contribution is 2.32. The van der Waals surface area contributed by atoms with Crippen LogP contribution in [0.15, 0.2) is 30.5 Å². The molecule has 0 aliphatic carbocycles. The molecule has 3 nitrogen and oxygen atoms in total. The maximum atomic E-state index is 9.61. The lowest BCUT2D eigenvalue weighted by Crippen LogP contribution is -2.33. The van der Waals surface area contributed by atoms with Gasteiger partial charge in [0, 0.05) is 22.2 Å². The van der Waals surface area contributed by atoms with Gasteiger partial charge in [0.15, 0.2) is 0 Å². The van der Waals surface area contributed by atoms with E-state index < -0.39 is 0 Å². The molecule has 0 amide bonds. The third-order valence-corrected chi connectivity index (χ3v) is 4.25. The number of hydrogen-bond acceptors (Lipinski definition) is 3. The van der Waals surface area contributed by atoms with E-state index in [2.05, 4.69) is 16.0 Å². The summed E-state index contributed by atoms with van der Waals surface area (Å²) in [6.07, 6.45) is 5.34. The molecule has 1 saturated heterocycles. The molecule has 1 aromatic heterocycles. The van der Waals surface area contributed by atoms with Gasteiger partial charge >= 0.3 is 0 Å². The van der Waals surface area contributed by atoms with Crippen LogP contribution < -0.4 is 0 Å². The van der Waals surface area contributed by atoms with Gasteiger partial charge in [0.05, 0.1) is 11.6 Å². The number of halogens is 1. The van der Waals surface area contributed by atoms with Gasteiger partial charge in [-0.05, 0) is 44.1 Å². The monoisotopic (exact) mass is 285 g/mol. The Morgan fingerprint density at radius 2 is 2.00 bits per heavy atom. The van der Waals surface area contributed by atoms with Crippen molar-refractivity contribution in [3.63, 3.8) is 0 Å². The smallest absolute Gasteiger partial charge is 0.125 e. The molecule has 2 aromatic rings. The van der Waals surface area contributed by atoms with Crippen LogP contribution in [0.3, 0.4) is 0 Å². The number of hydrogen-bond donors (Lipinski definition) is 0. The number of likely N-dealkylation sites (tertiary alicyclic amines) is 1. The third-order valence-electron chi connectivity index (χ3n) is 3.92. The van der Waals surface area contributed by atoms with E-state index in [9.17, 15) is 5.26 Å². The number of nitriles is 1. The molecule has 102 valence electrons. The van der Waals surface area contributed by atoms with Crippen LogP contribution in [0.5, 0.6) is 0 Å². The Morgan fingerprint density at radius 1 is 1.20 bits per heavy atom. The molecule has 1 atom stereocenters. The Balaban J connectivity index is 2.08. The lowest BCUT2D eigenvalue weighted by molar-refractivity contribution is 0.197. The summed E-state index contributed by atoms with van der Waals surface area (Å²) >= 11 is 6.23. The molecule has 0 bridgehead atoms. The highest BCUT2D eigenvalue weighted by Gasteiger charge is 2.24. The van der Waals surface area contributed by atoms with E-state index in [1.807, 2.05) is 24.3 Å². The molecule has 4 heteroatoms. The van der Waals surface area contributed by atoms with E-state index >= 15 is 0 Å². The van der Waals surface area contributed by atoms with Gasteiger partial charge in [-0.3, -0.25) is 9.88 Å². The number of fused-ring (bicyclic) bond motifs is 1. The maximum Gasteiger partial charge on any atom is 0.125 e.